The van der Waals surface area contributed by atoms with E-state index in [9.17, 15) is 4.79 Å². The molecule has 1 heterocycles. The third kappa shape index (κ3) is 2.65. The van der Waals surface area contributed by atoms with Crippen molar-refractivity contribution >= 4 is 55.1 Å². The van der Waals surface area contributed by atoms with Gasteiger partial charge in [0.2, 0.25) is 5.91 Å². The van der Waals surface area contributed by atoms with Crippen molar-refractivity contribution < 1.29 is 4.79 Å². The van der Waals surface area contributed by atoms with E-state index in [1.165, 1.54) is 0 Å². The summed E-state index contributed by atoms with van der Waals surface area (Å²) >= 11 is 13.5. The van der Waals surface area contributed by atoms with Crippen LogP contribution in [0, 0.1) is 0 Å². The Bertz CT molecular complexity index is 732. The van der Waals surface area contributed by atoms with Gasteiger partial charge in [-0.3, -0.25) is 4.79 Å². The molecule has 0 saturated heterocycles. The monoisotopic (exact) mass is 427 g/mol. The Hall–Kier alpha value is -0.840. The molecule has 0 aliphatic carbocycles. The average molecular weight is 430 g/mol. The maximum Gasteiger partial charge on any atom is 0.231 e. The fourth-order valence-corrected chi connectivity index (χ4v) is 3.96. The van der Waals surface area contributed by atoms with E-state index >= 15 is 0 Å². The highest BCUT2D eigenvalue weighted by Crippen LogP contribution is 2.40. The molecule has 0 saturated carbocycles. The second-order valence-electron chi connectivity index (χ2n) is 5.02. The summed E-state index contributed by atoms with van der Waals surface area (Å²) in [5.74, 6) is 0.133. The summed E-state index contributed by atoms with van der Waals surface area (Å²) in [7, 11) is 1.81. The van der Waals surface area contributed by atoms with Crippen LogP contribution >= 0.6 is 43.5 Å². The van der Waals surface area contributed by atoms with E-state index in [-0.39, 0.29) is 10.7 Å². The van der Waals surface area contributed by atoms with Gasteiger partial charge in [-0.25, -0.2) is 0 Å². The second kappa shape index (κ2) is 5.75. The molecular weight excluding hydrogens is 417 g/mol. The standard InChI is InChI=1S/C16H12Br2ClNO/c1-20-13-6-5-9(7-10(13)8-14(20)21)15(18)11-3-2-4-12(17)16(11)19/h2-7,15H,8H2,1H3. The van der Waals surface area contributed by atoms with E-state index in [1.54, 1.807) is 4.90 Å². The van der Waals surface area contributed by atoms with Gasteiger partial charge in [0.1, 0.15) is 0 Å². The van der Waals surface area contributed by atoms with Crippen LogP contribution in [0.2, 0.25) is 5.02 Å². The lowest BCUT2D eigenvalue weighted by atomic mass is 10.0. The number of halogens is 3. The van der Waals surface area contributed by atoms with Crippen molar-refractivity contribution in [2.45, 2.75) is 11.2 Å². The fourth-order valence-electron chi connectivity index (χ4n) is 2.54. The molecule has 2 aromatic carbocycles. The van der Waals surface area contributed by atoms with Crippen LogP contribution in [0.25, 0.3) is 0 Å². The number of carbonyl (C=O) groups is 1. The number of amides is 1. The molecule has 3 rings (SSSR count). The van der Waals surface area contributed by atoms with Crippen molar-refractivity contribution in [1.82, 2.24) is 0 Å². The molecule has 5 heteroatoms. The first-order chi connectivity index (χ1) is 9.99. The zero-order chi connectivity index (χ0) is 15.1. The molecule has 0 aromatic heterocycles. The first-order valence-electron chi connectivity index (χ1n) is 6.46. The molecule has 0 radical (unpaired) electrons. The number of likely N-dealkylation sites (N-methyl/N-ethyl adjacent to an activating group) is 1. The highest BCUT2D eigenvalue weighted by Gasteiger charge is 2.25. The Morgan fingerprint density at radius 3 is 2.81 bits per heavy atom. The summed E-state index contributed by atoms with van der Waals surface area (Å²) in [6.07, 6.45) is 0.464. The van der Waals surface area contributed by atoms with Crippen molar-refractivity contribution in [2.24, 2.45) is 0 Å². The van der Waals surface area contributed by atoms with E-state index < -0.39 is 0 Å². The predicted molar refractivity (Wildman–Crippen MR) is 93.5 cm³/mol. The maximum absolute atomic E-state index is 11.8. The largest absolute Gasteiger partial charge is 0.315 e. The van der Waals surface area contributed by atoms with Crippen molar-refractivity contribution in [3.05, 3.63) is 62.6 Å². The first-order valence-corrected chi connectivity index (χ1v) is 8.55. The molecule has 0 bridgehead atoms. The summed E-state index contributed by atoms with van der Waals surface area (Å²) in [6, 6.07) is 12.0. The lowest BCUT2D eigenvalue weighted by Crippen LogP contribution is -2.20. The van der Waals surface area contributed by atoms with Gasteiger partial charge < -0.3 is 4.90 Å². The van der Waals surface area contributed by atoms with Gasteiger partial charge in [0, 0.05) is 17.2 Å². The number of benzene rings is 2. The van der Waals surface area contributed by atoms with Gasteiger partial charge in [-0.2, -0.15) is 0 Å². The van der Waals surface area contributed by atoms with Crippen LogP contribution in [0.4, 0.5) is 5.69 Å². The van der Waals surface area contributed by atoms with Crippen LogP contribution in [0.3, 0.4) is 0 Å². The number of fused-ring (bicyclic) bond motifs is 1. The minimum absolute atomic E-state index is 0.00573. The number of carbonyl (C=O) groups excluding carboxylic acids is 1. The van der Waals surface area contributed by atoms with E-state index in [0.717, 1.165) is 26.9 Å². The second-order valence-corrected chi connectivity index (χ2v) is 7.17. The molecule has 1 atom stereocenters. The average Bonchev–Trinajstić information content (AvgIpc) is 2.76. The van der Waals surface area contributed by atoms with Crippen LogP contribution in [-0.2, 0) is 11.2 Å². The molecule has 1 aliphatic heterocycles. The van der Waals surface area contributed by atoms with Crippen LogP contribution in [0.15, 0.2) is 40.9 Å². The van der Waals surface area contributed by atoms with E-state index in [0.29, 0.717) is 11.4 Å². The third-order valence-corrected chi connectivity index (χ3v) is 6.06. The minimum atomic E-state index is -0.00573. The Morgan fingerprint density at radius 1 is 1.29 bits per heavy atom. The first kappa shape index (κ1) is 15.1. The summed E-state index contributed by atoms with van der Waals surface area (Å²) in [4.78, 5) is 13.5. The lowest BCUT2D eigenvalue weighted by molar-refractivity contribution is -0.117. The van der Waals surface area contributed by atoms with E-state index in [2.05, 4.69) is 37.9 Å². The zero-order valence-electron chi connectivity index (χ0n) is 11.2. The molecule has 0 fully saturated rings. The SMILES string of the molecule is CN1C(=O)Cc2cc(C(Br)c3cccc(Br)c3Cl)ccc21. The number of hydrogen-bond acceptors (Lipinski definition) is 1. The van der Waals surface area contributed by atoms with Crippen molar-refractivity contribution in [3.63, 3.8) is 0 Å². The van der Waals surface area contributed by atoms with Crippen molar-refractivity contribution in [3.8, 4) is 0 Å². The molecular formula is C16H12Br2ClNO. The Balaban J connectivity index is 2.00. The molecule has 108 valence electrons. The van der Waals surface area contributed by atoms with Gasteiger partial charge >= 0.3 is 0 Å². The molecule has 0 N–H and O–H groups in total. The Kier molecular flexibility index (Phi) is 4.12. The fraction of sp³-hybridized carbons (Fsp3) is 0.188. The summed E-state index contributed by atoms with van der Waals surface area (Å²) in [6.45, 7) is 0. The third-order valence-electron chi connectivity index (χ3n) is 3.73. The molecule has 0 spiro atoms. The lowest BCUT2D eigenvalue weighted by Gasteiger charge is -2.15. The molecule has 1 unspecified atom stereocenters. The quantitative estimate of drug-likeness (QED) is 0.608. The molecule has 1 amide bonds. The summed E-state index contributed by atoms with van der Waals surface area (Å²) in [5, 5.41) is 0.702. The van der Waals surface area contributed by atoms with Crippen LogP contribution in [0.5, 0.6) is 0 Å². The zero-order valence-corrected chi connectivity index (χ0v) is 15.2. The van der Waals surface area contributed by atoms with Crippen LogP contribution in [0.1, 0.15) is 21.5 Å². The van der Waals surface area contributed by atoms with Gasteiger partial charge in [0.05, 0.1) is 16.3 Å². The van der Waals surface area contributed by atoms with Crippen molar-refractivity contribution in [2.75, 3.05) is 11.9 Å². The number of alkyl halides is 1. The van der Waals surface area contributed by atoms with Gasteiger partial charge in [0.15, 0.2) is 0 Å². The number of nitrogens with zero attached hydrogens (tertiary/aromatic N) is 1. The topological polar surface area (TPSA) is 20.3 Å². The van der Waals surface area contributed by atoms with E-state index in [1.807, 2.05) is 37.4 Å². The normalized spacial score (nSPS) is 15.2. The van der Waals surface area contributed by atoms with Crippen LogP contribution < -0.4 is 4.90 Å². The Morgan fingerprint density at radius 2 is 2.05 bits per heavy atom. The predicted octanol–water partition coefficient (Wildman–Crippen LogP) is 5.11. The minimum Gasteiger partial charge on any atom is -0.315 e. The number of hydrogen-bond donors (Lipinski definition) is 0. The molecule has 1 aliphatic rings. The van der Waals surface area contributed by atoms with Crippen LogP contribution in [-0.4, -0.2) is 13.0 Å². The van der Waals surface area contributed by atoms with Gasteiger partial charge in [0.25, 0.3) is 0 Å². The maximum atomic E-state index is 11.8. The van der Waals surface area contributed by atoms with Gasteiger partial charge in [-0.05, 0) is 44.8 Å². The van der Waals surface area contributed by atoms with Gasteiger partial charge in [-0.15, -0.1) is 0 Å². The molecule has 2 aromatic rings. The van der Waals surface area contributed by atoms with Gasteiger partial charge in [-0.1, -0.05) is 51.8 Å². The smallest absolute Gasteiger partial charge is 0.231 e. The number of rotatable bonds is 2. The highest BCUT2D eigenvalue weighted by molar-refractivity contribution is 9.10. The van der Waals surface area contributed by atoms with E-state index in [4.69, 9.17) is 11.6 Å². The highest BCUT2D eigenvalue weighted by atomic mass is 79.9. The molecule has 2 nitrogen and oxygen atoms in total. The summed E-state index contributed by atoms with van der Waals surface area (Å²) < 4.78 is 0.877. The number of anilines is 1. The Labute approximate surface area is 145 Å². The van der Waals surface area contributed by atoms with Crippen molar-refractivity contribution in [1.29, 1.82) is 0 Å². The summed E-state index contributed by atoms with van der Waals surface area (Å²) in [5.41, 5.74) is 4.15. The molecule has 21 heavy (non-hydrogen) atoms.